The number of carboxylic acid groups (broad SMARTS) is 1. The number of pyridine rings is 1. The molecule has 0 fully saturated rings. The molecule has 2 aromatic rings. The molecule has 2 heterocycles. The third-order valence-corrected chi connectivity index (χ3v) is 2.54. The molecule has 0 aliphatic rings. The Labute approximate surface area is 109 Å². The van der Waals surface area contributed by atoms with Gasteiger partial charge in [0.1, 0.15) is 11.8 Å². The predicted octanol–water partition coefficient (Wildman–Crippen LogP) is 1.56. The van der Waals surface area contributed by atoms with Crippen molar-refractivity contribution in [1.29, 1.82) is 5.26 Å². The monoisotopic (exact) mass is 254 g/mol. The van der Waals surface area contributed by atoms with Crippen LogP contribution in [0.4, 0.5) is 0 Å². The lowest BCUT2D eigenvalue weighted by Gasteiger charge is -2.00. The number of carbonyl (C=O) groups is 1. The number of nitriles is 1. The normalized spacial score (nSPS) is 10.5. The van der Waals surface area contributed by atoms with E-state index in [1.165, 1.54) is 12.1 Å². The van der Waals surface area contributed by atoms with Gasteiger partial charge in [-0.1, -0.05) is 0 Å². The number of nitrogens with zero attached hydrogens (tertiary/aromatic N) is 4. The molecule has 2 aromatic heterocycles. The minimum atomic E-state index is -1.13. The highest BCUT2D eigenvalue weighted by Gasteiger charge is 2.08. The fourth-order valence-corrected chi connectivity index (χ4v) is 1.53. The zero-order chi connectivity index (χ0) is 13.8. The van der Waals surface area contributed by atoms with Crippen molar-refractivity contribution >= 4 is 18.1 Å². The summed E-state index contributed by atoms with van der Waals surface area (Å²) in [7, 11) is 1.78. The second-order valence-electron chi connectivity index (χ2n) is 3.76. The first-order chi connectivity index (χ1) is 9.11. The smallest absolute Gasteiger partial charge is 0.354 e. The summed E-state index contributed by atoms with van der Waals surface area (Å²) >= 11 is 0. The highest BCUT2D eigenvalue weighted by molar-refractivity contribution is 5.86. The maximum atomic E-state index is 10.9. The van der Waals surface area contributed by atoms with E-state index in [1.807, 2.05) is 6.07 Å². The average molecular weight is 254 g/mol. The number of rotatable bonds is 3. The Balaban J connectivity index is 2.41. The molecule has 6 nitrogen and oxygen atoms in total. The highest BCUT2D eigenvalue weighted by Crippen LogP contribution is 2.11. The Morgan fingerprint density at radius 1 is 1.42 bits per heavy atom. The van der Waals surface area contributed by atoms with E-state index in [9.17, 15) is 4.79 Å². The lowest BCUT2D eigenvalue weighted by molar-refractivity contribution is 0.0690. The van der Waals surface area contributed by atoms with E-state index in [0.717, 1.165) is 5.69 Å². The third kappa shape index (κ3) is 2.66. The molecule has 0 unspecified atom stereocenters. The zero-order valence-corrected chi connectivity index (χ0v) is 10.1. The minimum Gasteiger partial charge on any atom is -0.477 e. The molecule has 2 rings (SSSR count). The maximum absolute atomic E-state index is 10.9. The molecule has 19 heavy (non-hydrogen) atoms. The van der Waals surface area contributed by atoms with Crippen LogP contribution in [0, 0.1) is 11.3 Å². The van der Waals surface area contributed by atoms with Crippen molar-refractivity contribution in [3.63, 3.8) is 0 Å². The summed E-state index contributed by atoms with van der Waals surface area (Å²) in [6.45, 7) is 0. The third-order valence-electron chi connectivity index (χ3n) is 2.54. The van der Waals surface area contributed by atoms with Crippen LogP contribution in [0.15, 0.2) is 24.4 Å². The van der Waals surface area contributed by atoms with Crippen LogP contribution in [0.5, 0.6) is 0 Å². The van der Waals surface area contributed by atoms with Crippen molar-refractivity contribution in [3.05, 3.63) is 47.0 Å². The molecule has 0 radical (unpaired) electrons. The van der Waals surface area contributed by atoms with Gasteiger partial charge in [-0.05, 0) is 30.4 Å². The molecule has 0 spiro atoms. The lowest BCUT2D eigenvalue weighted by atomic mass is 10.1. The number of carboxylic acids is 1. The molecule has 0 aliphatic carbocycles. The van der Waals surface area contributed by atoms with Gasteiger partial charge in [-0.3, -0.25) is 4.68 Å². The summed E-state index contributed by atoms with van der Waals surface area (Å²) in [6, 6.07) is 6.52. The van der Waals surface area contributed by atoms with Crippen molar-refractivity contribution < 1.29 is 9.90 Å². The first-order valence-corrected chi connectivity index (χ1v) is 5.42. The van der Waals surface area contributed by atoms with E-state index >= 15 is 0 Å². The van der Waals surface area contributed by atoms with Crippen LogP contribution in [-0.4, -0.2) is 25.8 Å². The fourth-order valence-electron chi connectivity index (χ4n) is 1.53. The molecule has 0 bridgehead atoms. The Bertz CT molecular complexity index is 695. The SMILES string of the molecule is Cn1nccc1C=Cc1nc(C(=O)O)ccc1C#N. The summed E-state index contributed by atoms with van der Waals surface area (Å²) in [5, 5.41) is 21.9. The van der Waals surface area contributed by atoms with Gasteiger partial charge in [-0.2, -0.15) is 10.4 Å². The maximum Gasteiger partial charge on any atom is 0.354 e. The Morgan fingerprint density at radius 2 is 2.21 bits per heavy atom. The Kier molecular flexibility index (Phi) is 3.39. The lowest BCUT2D eigenvalue weighted by Crippen LogP contribution is -2.02. The van der Waals surface area contributed by atoms with Gasteiger partial charge in [0.2, 0.25) is 0 Å². The van der Waals surface area contributed by atoms with Gasteiger partial charge in [0.25, 0.3) is 0 Å². The number of aryl methyl sites for hydroxylation is 1. The average Bonchev–Trinajstić information content (AvgIpc) is 2.81. The molecular formula is C13H10N4O2. The van der Waals surface area contributed by atoms with Gasteiger partial charge >= 0.3 is 5.97 Å². The standard InChI is InChI=1S/C13H10N4O2/c1-17-10(6-7-15-17)3-5-11-9(8-14)2-4-12(16-11)13(18)19/h2-7H,1H3,(H,18,19). The van der Waals surface area contributed by atoms with Crippen LogP contribution in [0.25, 0.3) is 12.2 Å². The molecule has 0 atom stereocenters. The van der Waals surface area contributed by atoms with Crippen LogP contribution >= 0.6 is 0 Å². The number of hydrogen-bond donors (Lipinski definition) is 1. The van der Waals surface area contributed by atoms with Gasteiger partial charge in [-0.25, -0.2) is 9.78 Å². The largest absolute Gasteiger partial charge is 0.477 e. The van der Waals surface area contributed by atoms with Crippen molar-refractivity contribution in [2.75, 3.05) is 0 Å². The molecule has 0 amide bonds. The predicted molar refractivity (Wildman–Crippen MR) is 68.0 cm³/mol. The van der Waals surface area contributed by atoms with E-state index in [-0.39, 0.29) is 5.69 Å². The Morgan fingerprint density at radius 3 is 2.79 bits per heavy atom. The van der Waals surface area contributed by atoms with Crippen molar-refractivity contribution in [2.24, 2.45) is 7.05 Å². The minimum absolute atomic E-state index is 0.0938. The first kappa shape index (κ1) is 12.5. The first-order valence-electron chi connectivity index (χ1n) is 5.42. The van der Waals surface area contributed by atoms with Crippen LogP contribution in [0.2, 0.25) is 0 Å². The van der Waals surface area contributed by atoms with E-state index in [1.54, 1.807) is 36.1 Å². The summed E-state index contributed by atoms with van der Waals surface area (Å²) in [5.74, 6) is -1.13. The second-order valence-corrected chi connectivity index (χ2v) is 3.76. The molecule has 0 aliphatic heterocycles. The van der Waals surface area contributed by atoms with Crippen molar-refractivity contribution in [3.8, 4) is 6.07 Å². The van der Waals surface area contributed by atoms with E-state index < -0.39 is 5.97 Å². The quantitative estimate of drug-likeness (QED) is 0.897. The topological polar surface area (TPSA) is 91.8 Å². The van der Waals surface area contributed by atoms with Crippen molar-refractivity contribution in [1.82, 2.24) is 14.8 Å². The van der Waals surface area contributed by atoms with Crippen LogP contribution in [-0.2, 0) is 7.05 Å². The zero-order valence-electron chi connectivity index (χ0n) is 10.1. The summed E-state index contributed by atoms with van der Waals surface area (Å²) in [6.07, 6.45) is 4.97. The van der Waals surface area contributed by atoms with E-state index in [4.69, 9.17) is 10.4 Å². The van der Waals surface area contributed by atoms with Crippen LogP contribution < -0.4 is 0 Å². The molecule has 94 valence electrons. The van der Waals surface area contributed by atoms with E-state index in [2.05, 4.69) is 10.1 Å². The van der Waals surface area contributed by atoms with Crippen molar-refractivity contribution in [2.45, 2.75) is 0 Å². The van der Waals surface area contributed by atoms with Gasteiger partial charge in [0.05, 0.1) is 17.0 Å². The Hall–Kier alpha value is -2.94. The molecule has 1 N–H and O–H groups in total. The summed E-state index contributed by atoms with van der Waals surface area (Å²) in [4.78, 5) is 14.8. The summed E-state index contributed by atoms with van der Waals surface area (Å²) < 4.78 is 1.66. The molecular weight excluding hydrogens is 244 g/mol. The van der Waals surface area contributed by atoms with Crippen LogP contribution in [0.3, 0.4) is 0 Å². The number of aromatic carboxylic acids is 1. The molecule has 0 aromatic carbocycles. The second kappa shape index (κ2) is 5.14. The number of hydrogen-bond acceptors (Lipinski definition) is 4. The summed E-state index contributed by atoms with van der Waals surface area (Å²) in [5.41, 5.74) is 1.38. The molecule has 0 saturated carbocycles. The van der Waals surface area contributed by atoms with Gasteiger partial charge in [0, 0.05) is 13.2 Å². The fraction of sp³-hybridized carbons (Fsp3) is 0.0769. The number of aromatic nitrogens is 3. The van der Waals surface area contributed by atoms with Gasteiger partial charge in [-0.15, -0.1) is 0 Å². The van der Waals surface area contributed by atoms with Gasteiger partial charge in [0.15, 0.2) is 0 Å². The highest BCUT2D eigenvalue weighted by atomic mass is 16.4. The molecule has 6 heteroatoms. The van der Waals surface area contributed by atoms with Gasteiger partial charge < -0.3 is 5.11 Å². The van der Waals surface area contributed by atoms with Crippen LogP contribution in [0.1, 0.15) is 27.4 Å². The molecule has 0 saturated heterocycles. The van der Waals surface area contributed by atoms with E-state index in [0.29, 0.717) is 11.3 Å².